The van der Waals surface area contributed by atoms with Crippen molar-refractivity contribution >= 4 is 26.7 Å². The van der Waals surface area contributed by atoms with Gasteiger partial charge in [-0.05, 0) is 19.1 Å². The van der Waals surface area contributed by atoms with Gasteiger partial charge in [-0.3, -0.25) is 4.21 Å². The van der Waals surface area contributed by atoms with Gasteiger partial charge in [0.2, 0.25) is 0 Å². The van der Waals surface area contributed by atoms with Crippen LogP contribution in [0, 0.1) is 0 Å². The van der Waals surface area contributed by atoms with Gasteiger partial charge >= 0.3 is 0 Å². The Labute approximate surface area is 77.4 Å². The summed E-state index contributed by atoms with van der Waals surface area (Å²) in [5.41, 5.74) is 0. The van der Waals surface area contributed by atoms with Gasteiger partial charge in [0.25, 0.3) is 0 Å². The largest absolute Gasteiger partial charge is 0.253 e. The number of benzene rings is 1. The van der Waals surface area contributed by atoms with E-state index >= 15 is 0 Å². The summed E-state index contributed by atoms with van der Waals surface area (Å²) < 4.78 is 11.4. The van der Waals surface area contributed by atoms with E-state index in [0.29, 0.717) is 0 Å². The van der Waals surface area contributed by atoms with Crippen LogP contribution in [0.25, 0.3) is 0 Å². The van der Waals surface area contributed by atoms with Crippen LogP contribution in [0.4, 0.5) is 0 Å². The summed E-state index contributed by atoms with van der Waals surface area (Å²) in [4.78, 5) is 0.872. The van der Waals surface area contributed by atoms with Crippen LogP contribution in [-0.2, 0) is 10.8 Å². The van der Waals surface area contributed by atoms with Crippen LogP contribution in [-0.4, -0.2) is 8.37 Å². The lowest BCUT2D eigenvalue weighted by Gasteiger charge is -2.02. The maximum atomic E-state index is 11.4. The molecular weight excluding hydrogens is 224 g/mol. The highest BCUT2D eigenvalue weighted by molar-refractivity contribution is 9.11. The zero-order chi connectivity index (χ0) is 8.27. The Morgan fingerprint density at radius 1 is 1.36 bits per heavy atom. The summed E-state index contributed by atoms with van der Waals surface area (Å²) in [6.07, 6.45) is 0. The maximum Gasteiger partial charge on any atom is 0.0917 e. The standard InChI is InChI=1S/C8H9BrOS/c1-7(9)11(10)8-5-3-2-4-6-8/h2-7H,1H3/t7-,11?/m0/s1. The summed E-state index contributed by atoms with van der Waals surface area (Å²) in [7, 11) is -0.918. The summed E-state index contributed by atoms with van der Waals surface area (Å²) in [6.45, 7) is 1.88. The molecule has 0 bridgehead atoms. The molecule has 60 valence electrons. The van der Waals surface area contributed by atoms with Gasteiger partial charge in [0.05, 0.1) is 15.0 Å². The first kappa shape index (κ1) is 8.94. The van der Waals surface area contributed by atoms with E-state index in [1.807, 2.05) is 37.3 Å². The van der Waals surface area contributed by atoms with Gasteiger partial charge in [-0.1, -0.05) is 34.1 Å². The van der Waals surface area contributed by atoms with Crippen molar-refractivity contribution in [1.82, 2.24) is 0 Å². The van der Waals surface area contributed by atoms with Gasteiger partial charge in [-0.2, -0.15) is 0 Å². The highest BCUT2D eigenvalue weighted by atomic mass is 79.9. The monoisotopic (exact) mass is 232 g/mol. The lowest BCUT2D eigenvalue weighted by molar-refractivity contribution is 0.682. The first-order valence-corrected chi connectivity index (χ1v) is 5.44. The molecule has 0 saturated carbocycles. The third-order valence-electron chi connectivity index (χ3n) is 1.27. The molecule has 0 aliphatic carbocycles. The molecule has 0 spiro atoms. The van der Waals surface area contributed by atoms with Gasteiger partial charge < -0.3 is 0 Å². The minimum atomic E-state index is -0.918. The average Bonchev–Trinajstić information content (AvgIpc) is 2.05. The number of halogens is 1. The van der Waals surface area contributed by atoms with Crippen molar-refractivity contribution < 1.29 is 4.21 Å². The Bertz CT molecular complexity index is 246. The molecule has 1 aromatic carbocycles. The van der Waals surface area contributed by atoms with Crippen molar-refractivity contribution in [2.45, 2.75) is 16.0 Å². The second kappa shape index (κ2) is 4.02. The summed E-state index contributed by atoms with van der Waals surface area (Å²) in [5, 5.41) is 0. The van der Waals surface area contributed by atoms with Crippen LogP contribution < -0.4 is 0 Å². The Kier molecular flexibility index (Phi) is 3.27. The van der Waals surface area contributed by atoms with Crippen molar-refractivity contribution in [3.8, 4) is 0 Å². The van der Waals surface area contributed by atoms with E-state index < -0.39 is 10.8 Å². The fraction of sp³-hybridized carbons (Fsp3) is 0.250. The molecule has 0 saturated heterocycles. The van der Waals surface area contributed by atoms with E-state index in [-0.39, 0.29) is 4.16 Å². The minimum absolute atomic E-state index is 0.0184. The van der Waals surface area contributed by atoms with E-state index in [4.69, 9.17) is 0 Å². The highest BCUT2D eigenvalue weighted by Gasteiger charge is 2.07. The molecule has 0 heterocycles. The van der Waals surface area contributed by atoms with E-state index in [1.165, 1.54) is 0 Å². The Balaban J connectivity index is 2.86. The highest BCUT2D eigenvalue weighted by Crippen LogP contribution is 2.13. The Hall–Kier alpha value is -0.150. The molecule has 3 heteroatoms. The topological polar surface area (TPSA) is 17.1 Å². The predicted octanol–water partition coefficient (Wildman–Crippen LogP) is 2.54. The fourth-order valence-electron chi connectivity index (χ4n) is 0.742. The molecule has 11 heavy (non-hydrogen) atoms. The molecule has 0 N–H and O–H groups in total. The predicted molar refractivity (Wildman–Crippen MR) is 51.2 cm³/mol. The molecule has 1 aromatic rings. The van der Waals surface area contributed by atoms with E-state index in [9.17, 15) is 4.21 Å². The molecule has 1 unspecified atom stereocenters. The summed E-state index contributed by atoms with van der Waals surface area (Å²) in [5.74, 6) is 0. The number of hydrogen-bond donors (Lipinski definition) is 0. The smallest absolute Gasteiger partial charge is 0.0917 e. The van der Waals surface area contributed by atoms with Gasteiger partial charge in [0.15, 0.2) is 0 Å². The van der Waals surface area contributed by atoms with Crippen LogP contribution >= 0.6 is 15.9 Å². The first-order valence-electron chi connectivity index (χ1n) is 3.31. The maximum absolute atomic E-state index is 11.4. The van der Waals surface area contributed by atoms with Crippen molar-refractivity contribution in [2.75, 3.05) is 0 Å². The van der Waals surface area contributed by atoms with Crippen LogP contribution in [0.1, 0.15) is 6.92 Å². The van der Waals surface area contributed by atoms with Gasteiger partial charge in [0, 0.05) is 4.90 Å². The molecular formula is C8H9BrOS. The molecule has 0 fully saturated rings. The lowest BCUT2D eigenvalue weighted by Crippen LogP contribution is -2.01. The molecule has 0 radical (unpaired) electrons. The van der Waals surface area contributed by atoms with Crippen molar-refractivity contribution in [3.05, 3.63) is 30.3 Å². The quantitative estimate of drug-likeness (QED) is 0.717. The molecule has 0 aliphatic heterocycles. The molecule has 0 aromatic heterocycles. The second-order valence-corrected chi connectivity index (χ2v) is 5.91. The molecule has 0 amide bonds. The second-order valence-electron chi connectivity index (χ2n) is 2.15. The van der Waals surface area contributed by atoms with E-state index in [0.717, 1.165) is 4.90 Å². The van der Waals surface area contributed by atoms with Crippen molar-refractivity contribution in [1.29, 1.82) is 0 Å². The normalized spacial score (nSPS) is 15.8. The first-order chi connectivity index (χ1) is 5.22. The molecule has 1 rings (SSSR count). The molecule has 1 nitrogen and oxygen atoms in total. The minimum Gasteiger partial charge on any atom is -0.253 e. The van der Waals surface area contributed by atoms with Gasteiger partial charge in [-0.15, -0.1) is 0 Å². The van der Waals surface area contributed by atoms with Gasteiger partial charge in [-0.25, -0.2) is 0 Å². The summed E-state index contributed by atoms with van der Waals surface area (Å²) >= 11 is 3.28. The molecule has 0 aliphatic rings. The number of alkyl halides is 1. The Morgan fingerprint density at radius 2 is 1.91 bits per heavy atom. The molecule has 2 atom stereocenters. The number of rotatable bonds is 2. The van der Waals surface area contributed by atoms with Gasteiger partial charge in [0.1, 0.15) is 0 Å². The van der Waals surface area contributed by atoms with E-state index in [1.54, 1.807) is 0 Å². The lowest BCUT2D eigenvalue weighted by atomic mass is 10.4. The zero-order valence-corrected chi connectivity index (χ0v) is 8.56. The van der Waals surface area contributed by atoms with Crippen molar-refractivity contribution in [3.63, 3.8) is 0 Å². The zero-order valence-electron chi connectivity index (χ0n) is 6.16. The third kappa shape index (κ3) is 2.42. The van der Waals surface area contributed by atoms with Crippen LogP contribution in [0.2, 0.25) is 0 Å². The van der Waals surface area contributed by atoms with Crippen LogP contribution in [0.3, 0.4) is 0 Å². The third-order valence-corrected chi connectivity index (χ3v) is 3.62. The SMILES string of the molecule is C[C@@H](Br)S(=O)c1ccccc1. The van der Waals surface area contributed by atoms with Crippen molar-refractivity contribution in [2.24, 2.45) is 0 Å². The Morgan fingerprint density at radius 3 is 2.36 bits per heavy atom. The van der Waals surface area contributed by atoms with Crippen LogP contribution in [0.15, 0.2) is 35.2 Å². The van der Waals surface area contributed by atoms with Crippen LogP contribution in [0.5, 0.6) is 0 Å². The van der Waals surface area contributed by atoms with E-state index in [2.05, 4.69) is 15.9 Å². The summed E-state index contributed by atoms with van der Waals surface area (Å²) in [6, 6.07) is 9.44. The average molecular weight is 233 g/mol. The fourth-order valence-corrected chi connectivity index (χ4v) is 2.19. The number of hydrogen-bond acceptors (Lipinski definition) is 1.